The third-order valence-electron chi connectivity index (χ3n) is 3.39. The van der Waals surface area contributed by atoms with Crippen LogP contribution in [0.5, 0.6) is 5.75 Å². The number of aromatic nitrogens is 1. The highest BCUT2D eigenvalue weighted by Crippen LogP contribution is 2.24. The molecule has 7 heteroatoms. The second-order valence-electron chi connectivity index (χ2n) is 6.42. The average molecular weight is 369 g/mol. The summed E-state index contributed by atoms with van der Waals surface area (Å²) in [4.78, 5) is 16.8. The SMILES string of the molecule is COc1ccc(Cl)cc1C(=O)/N=c1\sn(C(C)(C)C)cc1C(C)O. The summed E-state index contributed by atoms with van der Waals surface area (Å²) in [5.41, 5.74) is 0.736. The van der Waals surface area contributed by atoms with Crippen LogP contribution >= 0.6 is 23.1 Å². The van der Waals surface area contributed by atoms with Crippen LogP contribution in [0.25, 0.3) is 0 Å². The molecule has 0 radical (unpaired) electrons. The molecule has 0 aliphatic heterocycles. The highest BCUT2D eigenvalue weighted by atomic mass is 35.5. The van der Waals surface area contributed by atoms with E-state index in [0.717, 1.165) is 0 Å². The molecule has 0 saturated carbocycles. The molecule has 1 N–H and O–H groups in total. The van der Waals surface area contributed by atoms with Gasteiger partial charge in [-0.05, 0) is 57.4 Å². The number of halogens is 1. The van der Waals surface area contributed by atoms with Crippen molar-refractivity contribution in [3.8, 4) is 5.75 Å². The highest BCUT2D eigenvalue weighted by molar-refractivity contribution is 7.04. The largest absolute Gasteiger partial charge is 0.496 e. The number of carbonyl (C=O) groups is 1. The molecule has 130 valence electrons. The molecule has 0 aliphatic carbocycles. The summed E-state index contributed by atoms with van der Waals surface area (Å²) in [6.07, 6.45) is 1.11. The van der Waals surface area contributed by atoms with Gasteiger partial charge < -0.3 is 9.84 Å². The first-order valence-corrected chi connectivity index (χ1v) is 8.62. The predicted molar refractivity (Wildman–Crippen MR) is 95.8 cm³/mol. The Hall–Kier alpha value is -1.63. The number of hydrogen-bond donors (Lipinski definition) is 1. The van der Waals surface area contributed by atoms with Crippen LogP contribution in [0.3, 0.4) is 0 Å². The van der Waals surface area contributed by atoms with E-state index < -0.39 is 12.0 Å². The van der Waals surface area contributed by atoms with Gasteiger partial charge in [0.2, 0.25) is 0 Å². The molecule has 0 spiro atoms. The Morgan fingerprint density at radius 2 is 2.08 bits per heavy atom. The van der Waals surface area contributed by atoms with Crippen LogP contribution in [0.15, 0.2) is 29.4 Å². The predicted octanol–water partition coefficient (Wildman–Crippen LogP) is 3.76. The number of aliphatic hydroxyl groups excluding tert-OH is 1. The van der Waals surface area contributed by atoms with Crippen molar-refractivity contribution in [2.24, 2.45) is 4.99 Å². The molecule has 24 heavy (non-hydrogen) atoms. The molecule has 5 nitrogen and oxygen atoms in total. The molecule has 1 atom stereocenters. The van der Waals surface area contributed by atoms with E-state index in [9.17, 15) is 9.90 Å². The standard InChI is InChI=1S/C17H21ClN2O3S/c1-10(21)13-9-20(17(2,3)4)24-16(13)19-15(22)12-8-11(18)6-7-14(12)23-5/h6-10,21H,1-5H3/b19-16-. The van der Waals surface area contributed by atoms with Crippen LogP contribution in [0.2, 0.25) is 5.02 Å². The number of benzene rings is 1. The lowest BCUT2D eigenvalue weighted by atomic mass is 10.1. The maximum Gasteiger partial charge on any atom is 0.282 e. The van der Waals surface area contributed by atoms with Crippen molar-refractivity contribution in [3.63, 3.8) is 0 Å². The van der Waals surface area contributed by atoms with Crippen LogP contribution in [0, 0.1) is 0 Å². The molecular formula is C17H21ClN2O3S. The first kappa shape index (κ1) is 18.7. The number of ether oxygens (including phenoxy) is 1. The molecule has 1 heterocycles. The number of nitrogens with zero attached hydrogens (tertiary/aromatic N) is 2. The first-order chi connectivity index (χ1) is 11.1. The molecule has 2 aromatic rings. The molecule has 0 fully saturated rings. The van der Waals surface area contributed by atoms with E-state index in [0.29, 0.717) is 21.0 Å². The van der Waals surface area contributed by atoms with Crippen molar-refractivity contribution in [2.75, 3.05) is 7.11 Å². The van der Waals surface area contributed by atoms with Crippen molar-refractivity contribution < 1.29 is 14.6 Å². The smallest absolute Gasteiger partial charge is 0.282 e. The molecule has 1 aromatic carbocycles. The lowest BCUT2D eigenvalue weighted by Crippen LogP contribution is -2.18. The van der Waals surface area contributed by atoms with E-state index in [-0.39, 0.29) is 11.1 Å². The molecule has 0 aliphatic rings. The molecule has 1 unspecified atom stereocenters. The minimum atomic E-state index is -0.724. The summed E-state index contributed by atoms with van der Waals surface area (Å²) in [6, 6.07) is 4.81. The fraction of sp³-hybridized carbons (Fsp3) is 0.412. The van der Waals surface area contributed by atoms with Crippen molar-refractivity contribution in [1.82, 2.24) is 3.96 Å². The van der Waals surface area contributed by atoms with E-state index in [2.05, 4.69) is 4.99 Å². The monoisotopic (exact) mass is 368 g/mol. The van der Waals surface area contributed by atoms with Gasteiger partial charge in [-0.1, -0.05) is 11.6 Å². The third-order valence-corrected chi connectivity index (χ3v) is 4.98. The summed E-state index contributed by atoms with van der Waals surface area (Å²) in [5.74, 6) is -0.0499. The number of methoxy groups -OCH3 is 1. The van der Waals surface area contributed by atoms with Crippen molar-refractivity contribution >= 4 is 29.0 Å². The number of carbonyl (C=O) groups excluding carboxylic acids is 1. The fourth-order valence-corrected chi connectivity index (χ4v) is 3.31. The van der Waals surface area contributed by atoms with Gasteiger partial charge in [0.25, 0.3) is 5.91 Å². The van der Waals surface area contributed by atoms with Crippen molar-refractivity contribution in [2.45, 2.75) is 39.3 Å². The average Bonchev–Trinajstić information content (AvgIpc) is 2.91. The number of rotatable bonds is 3. The van der Waals surface area contributed by atoms with Gasteiger partial charge >= 0.3 is 0 Å². The molecule has 1 amide bonds. The van der Waals surface area contributed by atoms with E-state index in [1.165, 1.54) is 24.7 Å². The van der Waals surface area contributed by atoms with Crippen LogP contribution in [0.1, 0.15) is 49.7 Å². The Morgan fingerprint density at radius 3 is 2.62 bits per heavy atom. The minimum Gasteiger partial charge on any atom is -0.496 e. The number of aliphatic hydroxyl groups is 1. The minimum absolute atomic E-state index is 0.168. The van der Waals surface area contributed by atoms with Crippen molar-refractivity contribution in [3.05, 3.63) is 45.2 Å². The summed E-state index contributed by atoms with van der Waals surface area (Å²) >= 11 is 7.31. The second kappa shape index (κ2) is 7.09. The Kier molecular flexibility index (Phi) is 5.52. The van der Waals surface area contributed by atoms with Crippen LogP contribution < -0.4 is 9.41 Å². The van der Waals surface area contributed by atoms with E-state index in [4.69, 9.17) is 16.3 Å². The van der Waals surface area contributed by atoms with Crippen LogP contribution in [0.4, 0.5) is 0 Å². The van der Waals surface area contributed by atoms with Gasteiger partial charge in [-0.15, -0.1) is 0 Å². The first-order valence-electron chi connectivity index (χ1n) is 7.47. The Morgan fingerprint density at radius 1 is 1.42 bits per heavy atom. The fourth-order valence-electron chi connectivity index (χ4n) is 2.06. The Bertz CT molecular complexity index is 816. The summed E-state index contributed by atoms with van der Waals surface area (Å²) in [5, 5.41) is 10.4. The highest BCUT2D eigenvalue weighted by Gasteiger charge is 2.19. The Balaban J connectivity index is 2.57. The summed E-state index contributed by atoms with van der Waals surface area (Å²) in [7, 11) is 1.49. The van der Waals surface area contributed by atoms with Gasteiger partial charge in [0, 0.05) is 22.3 Å². The normalized spacial score (nSPS) is 13.9. The number of amides is 1. The topological polar surface area (TPSA) is 63.8 Å². The maximum atomic E-state index is 12.6. The quantitative estimate of drug-likeness (QED) is 0.897. The lowest BCUT2D eigenvalue weighted by molar-refractivity contribution is 0.0995. The summed E-state index contributed by atoms with van der Waals surface area (Å²) in [6.45, 7) is 7.78. The van der Waals surface area contributed by atoms with Crippen molar-refractivity contribution in [1.29, 1.82) is 0 Å². The van der Waals surface area contributed by atoms with E-state index in [1.54, 1.807) is 19.1 Å². The van der Waals surface area contributed by atoms with Crippen LogP contribution in [-0.4, -0.2) is 22.1 Å². The Labute approximate surface area is 150 Å². The van der Waals surface area contributed by atoms with Crippen LogP contribution in [-0.2, 0) is 5.54 Å². The third kappa shape index (κ3) is 4.06. The molecule has 0 saturated heterocycles. The molecule has 0 bridgehead atoms. The zero-order valence-corrected chi connectivity index (χ0v) is 15.9. The van der Waals surface area contributed by atoms with E-state index >= 15 is 0 Å². The second-order valence-corrected chi connectivity index (χ2v) is 7.81. The lowest BCUT2D eigenvalue weighted by Gasteiger charge is -2.19. The zero-order valence-electron chi connectivity index (χ0n) is 14.3. The maximum absolute atomic E-state index is 12.6. The van der Waals surface area contributed by atoms with Gasteiger partial charge in [-0.25, -0.2) is 0 Å². The van der Waals surface area contributed by atoms with Gasteiger partial charge in [0.1, 0.15) is 10.4 Å². The van der Waals surface area contributed by atoms with E-state index in [1.807, 2.05) is 30.9 Å². The number of hydrogen-bond acceptors (Lipinski definition) is 4. The van der Waals surface area contributed by atoms with Gasteiger partial charge in [-0.3, -0.25) is 8.75 Å². The molecule has 1 aromatic heterocycles. The van der Waals surface area contributed by atoms with Gasteiger partial charge in [0.05, 0.1) is 18.8 Å². The molecule has 2 rings (SSSR count). The molecular weight excluding hydrogens is 348 g/mol. The summed E-state index contributed by atoms with van der Waals surface area (Å²) < 4.78 is 7.65. The van der Waals surface area contributed by atoms with Gasteiger partial charge in [-0.2, -0.15) is 4.99 Å². The van der Waals surface area contributed by atoms with Gasteiger partial charge in [0.15, 0.2) is 0 Å². The zero-order chi connectivity index (χ0) is 18.1.